The minimum absolute atomic E-state index is 0.0869. The average Bonchev–Trinajstić information content (AvgIpc) is 2.88. The third-order valence-electron chi connectivity index (χ3n) is 5.58. The topological polar surface area (TPSA) is 74.7 Å². The van der Waals surface area contributed by atoms with Crippen LogP contribution in [-0.2, 0) is 4.79 Å². The van der Waals surface area contributed by atoms with E-state index in [1.807, 2.05) is 85.7 Å². The first kappa shape index (κ1) is 26.9. The summed E-state index contributed by atoms with van der Waals surface area (Å²) in [6.07, 6.45) is 6.20. The molecule has 2 aromatic carbocycles. The van der Waals surface area contributed by atoms with Crippen LogP contribution in [0.1, 0.15) is 31.7 Å². The second kappa shape index (κ2) is 13.4. The fourth-order valence-electron chi connectivity index (χ4n) is 3.53. The van der Waals surface area contributed by atoms with Crippen molar-refractivity contribution in [1.29, 1.82) is 0 Å². The molecule has 188 valence electrons. The number of aromatic nitrogens is 1. The summed E-state index contributed by atoms with van der Waals surface area (Å²) in [5.41, 5.74) is 4.75. The number of carbonyl (C=O) groups excluding carboxylic acids is 1. The molecule has 1 heterocycles. The molecule has 0 spiro atoms. The number of aliphatic hydroxyl groups excluding tert-OH is 1. The first-order valence-corrected chi connectivity index (χ1v) is 12.7. The van der Waals surface area contributed by atoms with Gasteiger partial charge in [-0.1, -0.05) is 50.3 Å². The van der Waals surface area contributed by atoms with Crippen molar-refractivity contribution >= 4 is 23.6 Å². The molecule has 3 rings (SSSR count). The zero-order valence-corrected chi connectivity index (χ0v) is 21.8. The van der Waals surface area contributed by atoms with Gasteiger partial charge in [0.05, 0.1) is 6.54 Å². The molecule has 0 aliphatic heterocycles. The van der Waals surface area contributed by atoms with Crippen LogP contribution >= 0.6 is 12.0 Å². The Hall–Kier alpha value is -3.71. The lowest BCUT2D eigenvalue weighted by Crippen LogP contribution is -2.27. The van der Waals surface area contributed by atoms with E-state index in [-0.39, 0.29) is 17.2 Å². The monoisotopic (exact) mass is 503 g/mol. The third kappa shape index (κ3) is 7.65. The van der Waals surface area contributed by atoms with Crippen molar-refractivity contribution < 1.29 is 14.1 Å². The number of pyridine rings is 1. The van der Waals surface area contributed by atoms with Gasteiger partial charge in [-0.05, 0) is 66.8 Å². The van der Waals surface area contributed by atoms with Crippen LogP contribution < -0.4 is 14.4 Å². The van der Waals surface area contributed by atoms with Gasteiger partial charge >= 0.3 is 0 Å². The molecule has 0 unspecified atom stereocenters. The highest BCUT2D eigenvalue weighted by molar-refractivity contribution is 7.99. The first-order valence-electron chi connectivity index (χ1n) is 11.9. The van der Waals surface area contributed by atoms with Gasteiger partial charge in [0.2, 0.25) is 0 Å². The number of nitrogens with zero attached hydrogens (tertiary/aromatic N) is 2. The van der Waals surface area contributed by atoms with Crippen LogP contribution in [0.5, 0.6) is 5.75 Å². The van der Waals surface area contributed by atoms with Crippen LogP contribution in [0.4, 0.5) is 5.69 Å². The predicted octanol–water partition coefficient (Wildman–Crippen LogP) is 6.81. The van der Waals surface area contributed by atoms with Gasteiger partial charge in [0.1, 0.15) is 23.6 Å². The van der Waals surface area contributed by atoms with Crippen LogP contribution in [0.25, 0.3) is 11.1 Å². The smallest absolute Gasteiger partial charge is 0.268 e. The number of aliphatic hydroxyl groups is 1. The molecule has 0 fully saturated rings. The summed E-state index contributed by atoms with van der Waals surface area (Å²) < 4.78 is 5.86. The van der Waals surface area contributed by atoms with E-state index in [1.54, 1.807) is 6.20 Å². The Morgan fingerprint density at radius 3 is 2.53 bits per heavy atom. The van der Waals surface area contributed by atoms with Gasteiger partial charge in [-0.25, -0.2) is 0 Å². The predicted molar refractivity (Wildman–Crippen MR) is 149 cm³/mol. The summed E-state index contributed by atoms with van der Waals surface area (Å²) in [5.74, 6) is 0.0371. The molecule has 1 aromatic heterocycles. The fourth-order valence-corrected chi connectivity index (χ4v) is 4.11. The van der Waals surface area contributed by atoms with E-state index in [4.69, 9.17) is 4.18 Å². The summed E-state index contributed by atoms with van der Waals surface area (Å²) >= 11 is 0.838. The Morgan fingerprint density at radius 1 is 1.14 bits per heavy atom. The van der Waals surface area contributed by atoms with Crippen molar-refractivity contribution in [3.8, 4) is 16.9 Å². The number of hydrogen-bond donors (Lipinski definition) is 2. The number of allylic oxidation sites excluding steroid dienone is 1. The van der Waals surface area contributed by atoms with Crippen molar-refractivity contribution in [1.82, 2.24) is 10.3 Å². The quantitative estimate of drug-likeness (QED) is 0.161. The Balaban J connectivity index is 1.76. The maximum Gasteiger partial charge on any atom is 0.268 e. The van der Waals surface area contributed by atoms with Gasteiger partial charge in [-0.3, -0.25) is 9.78 Å². The normalized spacial score (nSPS) is 11.4. The molecule has 6 nitrogen and oxygen atoms in total. The van der Waals surface area contributed by atoms with E-state index in [0.717, 1.165) is 47.3 Å². The summed E-state index contributed by atoms with van der Waals surface area (Å²) in [4.78, 5) is 19.2. The molecule has 1 amide bonds. The van der Waals surface area contributed by atoms with E-state index < -0.39 is 5.91 Å². The summed E-state index contributed by atoms with van der Waals surface area (Å²) in [5, 5.41) is 13.7. The van der Waals surface area contributed by atoms with Crippen molar-refractivity contribution in [2.45, 2.75) is 33.1 Å². The number of benzene rings is 2. The molecule has 0 saturated heterocycles. The molecular weight excluding hydrogens is 470 g/mol. The average molecular weight is 504 g/mol. The molecule has 0 aliphatic carbocycles. The highest BCUT2D eigenvalue weighted by atomic mass is 32.2. The van der Waals surface area contributed by atoms with E-state index in [2.05, 4.69) is 23.8 Å². The number of carbonyl (C=O) groups is 1. The highest BCUT2D eigenvalue weighted by Crippen LogP contribution is 2.29. The van der Waals surface area contributed by atoms with Gasteiger partial charge < -0.3 is 19.5 Å². The minimum Gasteiger partial charge on any atom is -0.509 e. The van der Waals surface area contributed by atoms with Crippen LogP contribution in [0.2, 0.25) is 0 Å². The van der Waals surface area contributed by atoms with Gasteiger partial charge in [0.25, 0.3) is 5.91 Å². The van der Waals surface area contributed by atoms with Gasteiger partial charge in [0.15, 0.2) is 4.91 Å². The minimum atomic E-state index is -0.441. The fraction of sp³-hybridized carbons (Fsp3) is 0.241. The lowest BCUT2D eigenvalue weighted by Gasteiger charge is -2.20. The third-order valence-corrected chi connectivity index (χ3v) is 6.44. The molecule has 2 N–H and O–H groups in total. The van der Waals surface area contributed by atoms with Crippen molar-refractivity contribution in [2.24, 2.45) is 0 Å². The van der Waals surface area contributed by atoms with E-state index in [9.17, 15) is 9.90 Å². The van der Waals surface area contributed by atoms with Crippen molar-refractivity contribution in [3.05, 3.63) is 102 Å². The van der Waals surface area contributed by atoms with Gasteiger partial charge in [-0.2, -0.15) is 0 Å². The summed E-state index contributed by atoms with van der Waals surface area (Å²) in [7, 11) is 1.85. The Morgan fingerprint density at radius 2 is 1.86 bits per heavy atom. The molecule has 0 saturated carbocycles. The second-order valence-electron chi connectivity index (χ2n) is 8.51. The molecule has 0 atom stereocenters. The first-order chi connectivity index (χ1) is 17.4. The number of likely N-dealkylation sites (N-methyl/N-ethyl adjacent to an activating group) is 1. The molecule has 3 aromatic rings. The van der Waals surface area contributed by atoms with Crippen LogP contribution in [0, 0.1) is 6.92 Å². The number of anilines is 1. The summed E-state index contributed by atoms with van der Waals surface area (Å²) in [6.45, 7) is 8.18. The Bertz CT molecular complexity index is 1190. The number of para-hydroxylation sites is 1. The molecule has 0 aliphatic rings. The van der Waals surface area contributed by atoms with E-state index in [0.29, 0.717) is 17.9 Å². The number of aryl methyl sites for hydroxylation is 1. The standard InChI is InChI=1S/C29H33N3O3S/c1-5-6-10-22(3)31-29(34)28(27(33)20-32(4)24-11-8-7-9-12-24)36-35-25-15-13-23(14-16-25)26-17-18-30-19-21(26)2/h7-9,11-19,33H,3,5-6,10,20H2,1-2,4H3,(H,31,34)/b28-27-. The van der Waals surface area contributed by atoms with E-state index in [1.165, 1.54) is 0 Å². The van der Waals surface area contributed by atoms with Crippen LogP contribution in [0.3, 0.4) is 0 Å². The Labute approximate surface area is 217 Å². The lowest BCUT2D eigenvalue weighted by molar-refractivity contribution is -0.116. The second-order valence-corrected chi connectivity index (χ2v) is 9.25. The number of hydrogen-bond acceptors (Lipinski definition) is 6. The van der Waals surface area contributed by atoms with Crippen LogP contribution in [-0.4, -0.2) is 29.6 Å². The molecule has 0 bridgehead atoms. The number of amides is 1. The van der Waals surface area contributed by atoms with E-state index >= 15 is 0 Å². The summed E-state index contributed by atoms with van der Waals surface area (Å²) in [6, 6.07) is 19.2. The maximum absolute atomic E-state index is 13.1. The van der Waals surface area contributed by atoms with Crippen molar-refractivity contribution in [3.63, 3.8) is 0 Å². The Kier molecular flexibility index (Phi) is 10.0. The van der Waals surface area contributed by atoms with Gasteiger partial charge in [-0.15, -0.1) is 0 Å². The van der Waals surface area contributed by atoms with Gasteiger partial charge in [0, 0.05) is 30.8 Å². The molecular formula is C29H33N3O3S. The number of rotatable bonds is 12. The molecule has 7 heteroatoms. The maximum atomic E-state index is 13.1. The lowest BCUT2D eigenvalue weighted by atomic mass is 10.0. The molecule has 0 radical (unpaired) electrons. The highest BCUT2D eigenvalue weighted by Gasteiger charge is 2.20. The zero-order valence-electron chi connectivity index (χ0n) is 21.0. The SMILES string of the molecule is C=C(CCCC)NC(=O)/C(SOc1ccc(-c2ccncc2C)cc1)=C(/O)CN(C)c1ccccc1. The zero-order chi connectivity index (χ0) is 25.9. The number of nitrogens with one attached hydrogen (secondary N) is 1. The number of unbranched alkanes of at least 4 members (excludes halogenated alkanes) is 1. The van der Waals surface area contributed by atoms with Crippen LogP contribution in [0.15, 0.2) is 96.0 Å². The molecule has 36 heavy (non-hydrogen) atoms. The van der Waals surface area contributed by atoms with Crippen molar-refractivity contribution in [2.75, 3.05) is 18.5 Å². The largest absolute Gasteiger partial charge is 0.509 e.